The minimum absolute atomic E-state index is 0. The topological polar surface area (TPSA) is 65.2 Å². The molecule has 0 spiro atoms. The van der Waals surface area contributed by atoms with Gasteiger partial charge in [0.2, 0.25) is 5.43 Å². The second-order valence-corrected chi connectivity index (χ2v) is 8.81. The average Bonchev–Trinajstić information content (AvgIpc) is 3.38. The van der Waals surface area contributed by atoms with E-state index in [9.17, 15) is 35.9 Å². The normalized spacial score (nSPS) is 19.4. The van der Waals surface area contributed by atoms with Gasteiger partial charge in [-0.3, -0.25) is 9.59 Å². The van der Waals surface area contributed by atoms with Crippen LogP contribution in [0.1, 0.15) is 54.6 Å². The van der Waals surface area contributed by atoms with E-state index in [-0.39, 0.29) is 25.0 Å². The molecule has 2 aliphatic heterocycles. The van der Waals surface area contributed by atoms with Gasteiger partial charge in [0.15, 0.2) is 0 Å². The van der Waals surface area contributed by atoms with Crippen molar-refractivity contribution in [1.29, 1.82) is 0 Å². The molecule has 36 heavy (non-hydrogen) atoms. The van der Waals surface area contributed by atoms with Crippen LogP contribution >= 0.6 is 0 Å². The van der Waals surface area contributed by atoms with E-state index in [1.807, 2.05) is 4.90 Å². The van der Waals surface area contributed by atoms with Gasteiger partial charge in [0, 0.05) is 29.5 Å². The lowest BCUT2D eigenvalue weighted by Gasteiger charge is -2.26. The highest BCUT2D eigenvalue weighted by Crippen LogP contribution is 2.44. The number of aromatic nitrogens is 1. The fourth-order valence-electron chi connectivity index (χ4n) is 5.23. The first-order chi connectivity index (χ1) is 16.4. The number of carbonyl (C=O) groups is 1. The highest BCUT2D eigenvalue weighted by molar-refractivity contribution is 6.06. The van der Waals surface area contributed by atoms with E-state index in [2.05, 4.69) is 10.3 Å². The van der Waals surface area contributed by atoms with Crippen LogP contribution in [0.15, 0.2) is 47.4 Å². The molecule has 3 heterocycles. The van der Waals surface area contributed by atoms with Gasteiger partial charge in [0.25, 0.3) is 5.91 Å². The Hall–Kier alpha value is -3.50. The lowest BCUT2D eigenvalue weighted by Crippen LogP contribution is -2.29. The molecule has 1 amide bonds. The molecule has 0 aliphatic carbocycles. The van der Waals surface area contributed by atoms with Crippen LogP contribution in [-0.2, 0) is 12.4 Å². The van der Waals surface area contributed by atoms with Crippen molar-refractivity contribution in [1.82, 2.24) is 4.98 Å². The summed E-state index contributed by atoms with van der Waals surface area (Å²) >= 11 is 0. The molecular weight excluding hydrogens is 488 g/mol. The summed E-state index contributed by atoms with van der Waals surface area (Å²) in [5.74, 6) is -1.25. The van der Waals surface area contributed by atoms with Gasteiger partial charge in [-0.25, -0.2) is 0 Å². The van der Waals surface area contributed by atoms with Gasteiger partial charge in [-0.1, -0.05) is 13.5 Å². The molecule has 0 saturated carbocycles. The zero-order valence-electron chi connectivity index (χ0n) is 18.1. The van der Waals surface area contributed by atoms with Crippen molar-refractivity contribution in [2.24, 2.45) is 0 Å². The Balaban J connectivity index is 0.00000304. The van der Waals surface area contributed by atoms with E-state index in [1.54, 1.807) is 0 Å². The number of carbonyl (C=O) groups excluding carboxylic acids is 1. The maximum Gasteiger partial charge on any atom is 0.418 e. The first-order valence-electron chi connectivity index (χ1n) is 11.0. The monoisotopic (exact) mass is 511 g/mol. The summed E-state index contributed by atoms with van der Waals surface area (Å²) in [7, 11) is 0. The number of hydrogen-bond acceptors (Lipinski definition) is 3. The molecule has 192 valence electrons. The molecule has 2 bridgehead atoms. The quantitative estimate of drug-likeness (QED) is 0.390. The van der Waals surface area contributed by atoms with Crippen LogP contribution in [0.3, 0.4) is 0 Å². The molecule has 3 aromatic rings. The first-order valence-corrected chi connectivity index (χ1v) is 11.0. The number of amides is 1. The highest BCUT2D eigenvalue weighted by Gasteiger charge is 2.41. The maximum atomic E-state index is 13.9. The van der Waals surface area contributed by atoms with Gasteiger partial charge in [-0.2, -0.15) is 26.3 Å². The lowest BCUT2D eigenvalue weighted by atomic mass is 10.0. The summed E-state index contributed by atoms with van der Waals surface area (Å²) < 4.78 is 81.9. The largest absolute Gasteiger partial charge is 0.418 e. The number of nitrogens with one attached hydrogen (secondary N) is 2. The molecule has 2 fully saturated rings. The minimum atomic E-state index is -4.87. The van der Waals surface area contributed by atoms with Crippen LogP contribution in [0.25, 0.3) is 10.9 Å². The predicted molar refractivity (Wildman–Crippen MR) is 124 cm³/mol. The highest BCUT2D eigenvalue weighted by atomic mass is 19.4. The first kappa shape index (κ1) is 25.6. The minimum Gasteiger partial charge on any atom is -0.366 e. The molecule has 5 nitrogen and oxygen atoms in total. The van der Waals surface area contributed by atoms with Crippen LogP contribution in [0.4, 0.5) is 37.7 Å². The van der Waals surface area contributed by atoms with Crippen molar-refractivity contribution in [2.45, 2.75) is 57.5 Å². The third kappa shape index (κ3) is 4.31. The number of hydrogen-bond donors (Lipinski definition) is 2. The lowest BCUT2D eigenvalue weighted by molar-refractivity contribution is -0.137. The number of benzene rings is 2. The standard InChI is InChI=1S/C24H19F6N3O2.CH4/c25-23(26,27)16-2-1-3-19-20(16)21(34)15(11-31-19)22(35)32-18-9-8-14(10-17(18)24(28,29)30)33-12-4-5-13(33)7-6-12;/h1-3,8-13H,4-7H2,(H,31,34)(H,32,35);1H4. The van der Waals surface area contributed by atoms with Crippen molar-refractivity contribution < 1.29 is 31.1 Å². The Kier molecular flexibility index (Phi) is 6.30. The fraction of sp³-hybridized carbons (Fsp3) is 0.360. The molecule has 2 aliphatic rings. The summed E-state index contributed by atoms with van der Waals surface area (Å²) in [6.07, 6.45) is -5.13. The SMILES string of the molecule is C.O=C(Nc1ccc(N2C3CCC2CC3)cc1C(F)(F)F)c1c[nH]c2cccc(C(F)(F)F)c2c1=O. The van der Waals surface area contributed by atoms with Gasteiger partial charge in [0.05, 0.1) is 22.2 Å². The average molecular weight is 511 g/mol. The van der Waals surface area contributed by atoms with Crippen LogP contribution < -0.4 is 15.6 Å². The Morgan fingerprint density at radius 3 is 2.11 bits per heavy atom. The molecule has 11 heteroatoms. The van der Waals surface area contributed by atoms with Crippen molar-refractivity contribution in [2.75, 3.05) is 10.2 Å². The van der Waals surface area contributed by atoms with E-state index in [0.29, 0.717) is 11.8 Å². The molecule has 0 radical (unpaired) electrons. The number of aromatic amines is 1. The molecule has 2 saturated heterocycles. The number of halogens is 6. The van der Waals surface area contributed by atoms with E-state index in [0.717, 1.165) is 50.1 Å². The summed E-state index contributed by atoms with van der Waals surface area (Å²) in [5.41, 5.74) is -4.64. The molecule has 0 unspecified atom stereocenters. The van der Waals surface area contributed by atoms with E-state index >= 15 is 0 Å². The number of fused-ring (bicyclic) bond motifs is 3. The Bertz CT molecular complexity index is 1360. The molecule has 0 atom stereocenters. The van der Waals surface area contributed by atoms with Gasteiger partial charge >= 0.3 is 12.4 Å². The second kappa shape index (κ2) is 8.86. The van der Waals surface area contributed by atoms with Gasteiger partial charge in [-0.15, -0.1) is 0 Å². The van der Waals surface area contributed by atoms with Gasteiger partial charge < -0.3 is 15.2 Å². The third-order valence-electron chi connectivity index (χ3n) is 6.77. The summed E-state index contributed by atoms with van der Waals surface area (Å²) in [5, 5.41) is 1.31. The Morgan fingerprint density at radius 2 is 1.53 bits per heavy atom. The molecular formula is C25H23F6N3O2. The fourth-order valence-corrected chi connectivity index (χ4v) is 5.23. The van der Waals surface area contributed by atoms with Gasteiger partial charge in [0.1, 0.15) is 5.56 Å². The van der Waals surface area contributed by atoms with E-state index < -0.39 is 51.5 Å². The van der Waals surface area contributed by atoms with Crippen LogP contribution in [0, 0.1) is 0 Å². The summed E-state index contributed by atoms with van der Waals surface area (Å²) in [6, 6.07) is 6.97. The predicted octanol–water partition coefficient (Wildman–Crippen LogP) is 6.59. The van der Waals surface area contributed by atoms with Crippen LogP contribution in [0.5, 0.6) is 0 Å². The number of pyridine rings is 1. The van der Waals surface area contributed by atoms with Crippen LogP contribution in [-0.4, -0.2) is 23.0 Å². The number of anilines is 2. The van der Waals surface area contributed by atoms with Crippen LogP contribution in [0.2, 0.25) is 0 Å². The zero-order chi connectivity index (χ0) is 25.1. The van der Waals surface area contributed by atoms with Crippen molar-refractivity contribution in [3.8, 4) is 0 Å². The number of nitrogens with zero attached hydrogens (tertiary/aromatic N) is 1. The van der Waals surface area contributed by atoms with Crippen molar-refractivity contribution in [3.05, 3.63) is 69.5 Å². The smallest absolute Gasteiger partial charge is 0.366 e. The second-order valence-electron chi connectivity index (χ2n) is 8.81. The molecule has 5 rings (SSSR count). The van der Waals surface area contributed by atoms with E-state index in [1.165, 1.54) is 12.1 Å². The van der Waals surface area contributed by atoms with E-state index in [4.69, 9.17) is 0 Å². The third-order valence-corrected chi connectivity index (χ3v) is 6.77. The Morgan fingerprint density at radius 1 is 0.917 bits per heavy atom. The number of rotatable bonds is 3. The molecule has 2 aromatic carbocycles. The maximum absolute atomic E-state index is 13.9. The number of H-pyrrole nitrogens is 1. The molecule has 2 N–H and O–H groups in total. The van der Waals surface area contributed by atoms with Gasteiger partial charge in [-0.05, 0) is 56.0 Å². The Labute approximate surface area is 202 Å². The zero-order valence-corrected chi connectivity index (χ0v) is 18.1. The number of alkyl halides is 6. The van der Waals surface area contributed by atoms with Crippen molar-refractivity contribution in [3.63, 3.8) is 0 Å². The summed E-state index contributed by atoms with van der Waals surface area (Å²) in [4.78, 5) is 30.0. The summed E-state index contributed by atoms with van der Waals surface area (Å²) in [6.45, 7) is 0. The molecule has 1 aromatic heterocycles. The van der Waals surface area contributed by atoms with Crippen molar-refractivity contribution >= 4 is 28.2 Å².